The molecule has 0 aliphatic carbocycles. The van der Waals surface area contributed by atoms with Crippen LogP contribution in [0.4, 0.5) is 0 Å². The number of nitrogens with one attached hydrogen (secondary N) is 2. The monoisotopic (exact) mass is 465 g/mol. The number of aromatic nitrogens is 2. The van der Waals surface area contributed by atoms with Gasteiger partial charge in [0.15, 0.2) is 5.96 Å². The Kier molecular flexibility index (Phi) is 9.65. The third-order valence-corrected chi connectivity index (χ3v) is 3.20. The van der Waals surface area contributed by atoms with Gasteiger partial charge >= 0.3 is 0 Å². The quantitative estimate of drug-likeness (QED) is 0.283. The lowest BCUT2D eigenvalue weighted by atomic mass is 10.2. The van der Waals surface area contributed by atoms with E-state index in [4.69, 9.17) is 20.9 Å². The molecule has 2 N–H and O–H groups in total. The van der Waals surface area contributed by atoms with Crippen molar-refractivity contribution >= 4 is 41.5 Å². The van der Waals surface area contributed by atoms with Crippen molar-refractivity contribution in [3.05, 3.63) is 35.2 Å². The van der Waals surface area contributed by atoms with Crippen molar-refractivity contribution < 1.29 is 9.26 Å². The molecule has 0 spiro atoms. The smallest absolute Gasteiger partial charge is 0.246 e. The summed E-state index contributed by atoms with van der Waals surface area (Å²) in [5.74, 6) is 1.65. The second kappa shape index (κ2) is 11.2. The van der Waals surface area contributed by atoms with Gasteiger partial charge in [0.1, 0.15) is 0 Å². The molecule has 0 aliphatic rings. The molecule has 7 nitrogen and oxygen atoms in total. The van der Waals surface area contributed by atoms with Gasteiger partial charge in [0.05, 0.1) is 13.2 Å². The minimum atomic E-state index is 0. The Bertz CT molecular complexity index is 633. The molecule has 0 aliphatic heterocycles. The minimum Gasteiger partial charge on any atom is -0.380 e. The molecule has 0 saturated carbocycles. The number of ether oxygens (including phenoxy) is 1. The summed E-state index contributed by atoms with van der Waals surface area (Å²) in [4.78, 5) is 8.45. The zero-order valence-corrected chi connectivity index (χ0v) is 16.7. The number of aliphatic imine (C=N–C) groups is 1. The SMILES string of the molecule is CCOCCNC(=NC)NCc1nc(-c2ccc(Cl)cc2)no1.I. The maximum Gasteiger partial charge on any atom is 0.246 e. The molecule has 0 amide bonds. The van der Waals surface area contributed by atoms with Crippen molar-refractivity contribution in [3.8, 4) is 11.4 Å². The lowest BCUT2D eigenvalue weighted by Crippen LogP contribution is -2.38. The summed E-state index contributed by atoms with van der Waals surface area (Å²) >= 11 is 5.86. The molecule has 2 aromatic rings. The van der Waals surface area contributed by atoms with E-state index < -0.39 is 0 Å². The van der Waals surface area contributed by atoms with Crippen molar-refractivity contribution in [2.45, 2.75) is 13.5 Å². The van der Waals surface area contributed by atoms with Gasteiger partial charge in [-0.15, -0.1) is 24.0 Å². The van der Waals surface area contributed by atoms with Crippen LogP contribution in [0.25, 0.3) is 11.4 Å². The van der Waals surface area contributed by atoms with Crippen molar-refractivity contribution in [2.75, 3.05) is 26.8 Å². The maximum atomic E-state index is 5.86. The summed E-state index contributed by atoms with van der Waals surface area (Å²) in [6.07, 6.45) is 0. The number of nitrogens with zero attached hydrogens (tertiary/aromatic N) is 3. The predicted octanol–water partition coefficient (Wildman–Crippen LogP) is 2.71. The minimum absolute atomic E-state index is 0. The van der Waals surface area contributed by atoms with Gasteiger partial charge in [-0.3, -0.25) is 4.99 Å². The van der Waals surface area contributed by atoms with Crippen molar-refractivity contribution in [1.29, 1.82) is 0 Å². The van der Waals surface area contributed by atoms with Crippen LogP contribution in [0.1, 0.15) is 12.8 Å². The van der Waals surface area contributed by atoms with Gasteiger partial charge in [-0.05, 0) is 31.2 Å². The van der Waals surface area contributed by atoms with Crippen LogP contribution in [0.15, 0.2) is 33.8 Å². The third kappa shape index (κ3) is 6.62. The molecule has 0 saturated heterocycles. The van der Waals surface area contributed by atoms with E-state index >= 15 is 0 Å². The molecular weight excluding hydrogens is 445 g/mol. The summed E-state index contributed by atoms with van der Waals surface area (Å²) in [6, 6.07) is 7.27. The van der Waals surface area contributed by atoms with Crippen molar-refractivity contribution in [2.24, 2.45) is 4.99 Å². The Balaban J connectivity index is 0.00000288. The summed E-state index contributed by atoms with van der Waals surface area (Å²) in [7, 11) is 1.70. The Labute approximate surface area is 163 Å². The Hall–Kier alpha value is -1.39. The highest BCUT2D eigenvalue weighted by molar-refractivity contribution is 14.0. The van der Waals surface area contributed by atoms with Crippen LogP contribution in [0.5, 0.6) is 0 Å². The molecule has 1 aromatic carbocycles. The molecule has 1 heterocycles. The van der Waals surface area contributed by atoms with Crippen LogP contribution in [0, 0.1) is 0 Å². The van der Waals surface area contributed by atoms with Crippen LogP contribution >= 0.6 is 35.6 Å². The lowest BCUT2D eigenvalue weighted by Gasteiger charge is -2.09. The van der Waals surface area contributed by atoms with Crippen LogP contribution in [-0.2, 0) is 11.3 Å². The molecule has 0 radical (unpaired) electrons. The zero-order valence-electron chi connectivity index (χ0n) is 13.6. The van der Waals surface area contributed by atoms with Crippen LogP contribution in [-0.4, -0.2) is 42.9 Å². The fourth-order valence-corrected chi connectivity index (χ4v) is 1.93. The predicted molar refractivity (Wildman–Crippen MR) is 105 cm³/mol. The number of hydrogen-bond acceptors (Lipinski definition) is 5. The first-order valence-electron chi connectivity index (χ1n) is 7.33. The molecule has 1 aromatic heterocycles. The molecule has 2 rings (SSSR count). The highest BCUT2D eigenvalue weighted by Gasteiger charge is 2.09. The summed E-state index contributed by atoms with van der Waals surface area (Å²) in [6.45, 7) is 4.34. The molecule has 0 unspecified atom stereocenters. The fraction of sp³-hybridized carbons (Fsp3) is 0.400. The number of hydrogen-bond donors (Lipinski definition) is 2. The van der Waals surface area contributed by atoms with Gasteiger partial charge in [-0.1, -0.05) is 16.8 Å². The average molecular weight is 466 g/mol. The third-order valence-electron chi connectivity index (χ3n) is 2.94. The van der Waals surface area contributed by atoms with E-state index in [0.717, 1.165) is 5.56 Å². The van der Waals surface area contributed by atoms with E-state index in [9.17, 15) is 0 Å². The highest BCUT2D eigenvalue weighted by atomic mass is 127. The first kappa shape index (κ1) is 20.7. The Morgan fingerprint density at radius 2 is 2.04 bits per heavy atom. The zero-order chi connectivity index (χ0) is 16.5. The molecule has 0 fully saturated rings. The standard InChI is InChI=1S/C15H20ClN5O2.HI/c1-3-22-9-8-18-15(17-2)19-10-13-20-14(21-23-13)11-4-6-12(16)7-5-11;/h4-7H,3,8-10H2,1-2H3,(H2,17,18,19);1H. The molecule has 132 valence electrons. The number of rotatable bonds is 7. The van der Waals surface area contributed by atoms with E-state index in [1.165, 1.54) is 0 Å². The molecule has 0 bridgehead atoms. The Morgan fingerprint density at radius 3 is 2.71 bits per heavy atom. The normalized spacial score (nSPS) is 11.0. The number of guanidine groups is 1. The first-order chi connectivity index (χ1) is 11.2. The number of halogens is 2. The summed E-state index contributed by atoms with van der Waals surface area (Å²) in [5, 5.41) is 10.9. The van der Waals surface area contributed by atoms with Gasteiger partial charge in [0.2, 0.25) is 11.7 Å². The van der Waals surface area contributed by atoms with E-state index in [0.29, 0.717) is 49.0 Å². The average Bonchev–Trinajstić information content (AvgIpc) is 3.04. The van der Waals surface area contributed by atoms with E-state index in [-0.39, 0.29) is 24.0 Å². The van der Waals surface area contributed by atoms with Crippen LogP contribution in [0.3, 0.4) is 0 Å². The topological polar surface area (TPSA) is 84.6 Å². The fourth-order valence-electron chi connectivity index (χ4n) is 1.81. The van der Waals surface area contributed by atoms with E-state index in [1.54, 1.807) is 19.2 Å². The van der Waals surface area contributed by atoms with Gasteiger partial charge < -0.3 is 19.9 Å². The summed E-state index contributed by atoms with van der Waals surface area (Å²) < 4.78 is 10.5. The molecule has 24 heavy (non-hydrogen) atoms. The van der Waals surface area contributed by atoms with Crippen LogP contribution < -0.4 is 10.6 Å². The van der Waals surface area contributed by atoms with Gasteiger partial charge in [0.25, 0.3) is 0 Å². The van der Waals surface area contributed by atoms with Gasteiger partial charge in [-0.2, -0.15) is 4.98 Å². The van der Waals surface area contributed by atoms with E-state index in [1.807, 2.05) is 19.1 Å². The summed E-state index contributed by atoms with van der Waals surface area (Å²) in [5.41, 5.74) is 0.851. The molecular formula is C15H21ClIN5O2. The maximum absolute atomic E-state index is 5.86. The second-order valence-corrected chi connectivity index (χ2v) is 5.00. The molecule has 9 heteroatoms. The lowest BCUT2D eigenvalue weighted by molar-refractivity contribution is 0.152. The van der Waals surface area contributed by atoms with Gasteiger partial charge in [0, 0.05) is 30.8 Å². The molecule has 0 atom stereocenters. The highest BCUT2D eigenvalue weighted by Crippen LogP contribution is 2.18. The number of benzene rings is 1. The van der Waals surface area contributed by atoms with Crippen LogP contribution in [0.2, 0.25) is 5.02 Å². The second-order valence-electron chi connectivity index (χ2n) is 4.57. The van der Waals surface area contributed by atoms with Gasteiger partial charge in [-0.25, -0.2) is 0 Å². The Morgan fingerprint density at radius 1 is 1.29 bits per heavy atom. The van der Waals surface area contributed by atoms with Crippen molar-refractivity contribution in [1.82, 2.24) is 20.8 Å². The van der Waals surface area contributed by atoms with E-state index in [2.05, 4.69) is 25.8 Å². The largest absolute Gasteiger partial charge is 0.380 e. The first-order valence-corrected chi connectivity index (χ1v) is 7.71. The van der Waals surface area contributed by atoms with Crippen molar-refractivity contribution in [3.63, 3.8) is 0 Å².